The van der Waals surface area contributed by atoms with Crippen LogP contribution in [0.15, 0.2) is 65.6 Å². The van der Waals surface area contributed by atoms with E-state index in [9.17, 15) is 14.7 Å². The van der Waals surface area contributed by atoms with Crippen LogP contribution in [0.1, 0.15) is 63.2 Å². The van der Waals surface area contributed by atoms with Crippen LogP contribution in [0.3, 0.4) is 0 Å². The van der Waals surface area contributed by atoms with Crippen LogP contribution in [-0.2, 0) is 18.6 Å². The Labute approximate surface area is 186 Å². The summed E-state index contributed by atoms with van der Waals surface area (Å²) in [6, 6.07) is 18.9. The number of phenols is 1. The molecular formula is C26H26O4S. The first-order valence-corrected chi connectivity index (χ1v) is 11.3. The average molecular weight is 435 g/mol. The Morgan fingerprint density at radius 2 is 1.65 bits per heavy atom. The van der Waals surface area contributed by atoms with Crippen LogP contribution in [0, 0.1) is 0 Å². The molecule has 160 valence electrons. The first-order valence-electron chi connectivity index (χ1n) is 10.3. The number of carboxylic acids is 1. The maximum atomic E-state index is 11.7. The lowest BCUT2D eigenvalue weighted by Gasteiger charge is -2.13. The van der Waals surface area contributed by atoms with Crippen LogP contribution in [0.2, 0.25) is 0 Å². The Bertz CT molecular complexity index is 1090. The molecule has 0 amide bonds. The molecule has 4 nitrogen and oxygen atoms in total. The third kappa shape index (κ3) is 5.76. The highest BCUT2D eigenvalue weighted by molar-refractivity contribution is 7.98. The molecule has 0 fully saturated rings. The lowest BCUT2D eigenvalue weighted by molar-refractivity contribution is 0.0696. The highest BCUT2D eigenvalue weighted by Crippen LogP contribution is 2.35. The summed E-state index contributed by atoms with van der Waals surface area (Å²) < 4.78 is 0. The monoisotopic (exact) mass is 434 g/mol. The largest absolute Gasteiger partial charge is 0.507 e. The van der Waals surface area contributed by atoms with Gasteiger partial charge in [-0.2, -0.15) is 0 Å². The number of benzene rings is 3. The molecule has 0 saturated carbocycles. The molecule has 3 aromatic rings. The summed E-state index contributed by atoms with van der Waals surface area (Å²) in [4.78, 5) is 23.9. The van der Waals surface area contributed by atoms with Gasteiger partial charge in [-0.25, -0.2) is 4.79 Å². The number of ketones is 1. The fraction of sp³-hybridized carbons (Fsp3) is 0.231. The maximum Gasteiger partial charge on any atom is 0.335 e. The number of aromatic hydroxyl groups is 1. The highest BCUT2D eigenvalue weighted by atomic mass is 32.2. The molecule has 0 bridgehead atoms. The molecule has 31 heavy (non-hydrogen) atoms. The third-order valence-corrected chi connectivity index (χ3v) is 6.29. The molecule has 0 aliphatic carbocycles. The van der Waals surface area contributed by atoms with E-state index in [2.05, 4.69) is 31.2 Å². The van der Waals surface area contributed by atoms with Gasteiger partial charge in [-0.15, -0.1) is 11.8 Å². The molecule has 0 saturated heterocycles. The SMILES string of the molecule is CCCc1c(SCc2ccc(Cc3cccc(C(=O)O)c3)cc2)ccc(C(C)=O)c1O. The van der Waals surface area contributed by atoms with E-state index in [1.165, 1.54) is 6.92 Å². The second-order valence-corrected chi connectivity index (χ2v) is 8.55. The van der Waals surface area contributed by atoms with Gasteiger partial charge in [0.25, 0.3) is 0 Å². The fourth-order valence-corrected chi connectivity index (χ4v) is 4.55. The van der Waals surface area contributed by atoms with E-state index >= 15 is 0 Å². The number of hydrogen-bond donors (Lipinski definition) is 2. The molecule has 2 N–H and O–H groups in total. The maximum absolute atomic E-state index is 11.7. The number of thioether (sulfide) groups is 1. The standard InChI is InChI=1S/C26H26O4S/c1-3-5-23-24(13-12-22(17(2)27)25(23)28)31-16-19-10-8-18(9-11-19)14-20-6-4-7-21(15-20)26(29)30/h4,6-13,15,28H,3,5,14,16H2,1-2H3,(H,29,30). The first kappa shape index (κ1) is 22.6. The van der Waals surface area contributed by atoms with E-state index in [0.717, 1.165) is 45.7 Å². The zero-order valence-electron chi connectivity index (χ0n) is 17.7. The van der Waals surface area contributed by atoms with E-state index in [4.69, 9.17) is 5.11 Å². The minimum absolute atomic E-state index is 0.110. The zero-order chi connectivity index (χ0) is 22.4. The summed E-state index contributed by atoms with van der Waals surface area (Å²) >= 11 is 1.65. The normalized spacial score (nSPS) is 10.8. The average Bonchev–Trinajstić information content (AvgIpc) is 2.75. The molecule has 3 aromatic carbocycles. The third-order valence-electron chi connectivity index (χ3n) is 5.12. The summed E-state index contributed by atoms with van der Waals surface area (Å²) in [6.07, 6.45) is 2.29. The van der Waals surface area contributed by atoms with Gasteiger partial charge in [0.05, 0.1) is 11.1 Å². The van der Waals surface area contributed by atoms with E-state index in [1.54, 1.807) is 36.0 Å². The van der Waals surface area contributed by atoms with Gasteiger partial charge in [-0.05, 0) is 60.7 Å². The Hall–Kier alpha value is -3.05. The number of aromatic carboxylic acids is 1. The highest BCUT2D eigenvalue weighted by Gasteiger charge is 2.15. The number of phenolic OH excluding ortho intramolecular Hbond substituents is 1. The van der Waals surface area contributed by atoms with Gasteiger partial charge in [0.1, 0.15) is 5.75 Å². The fourth-order valence-electron chi connectivity index (χ4n) is 3.49. The van der Waals surface area contributed by atoms with Crippen molar-refractivity contribution in [3.63, 3.8) is 0 Å². The molecule has 0 heterocycles. The van der Waals surface area contributed by atoms with E-state index in [1.807, 2.05) is 12.1 Å². The molecular weight excluding hydrogens is 408 g/mol. The van der Waals surface area contributed by atoms with E-state index in [0.29, 0.717) is 17.5 Å². The van der Waals surface area contributed by atoms with Gasteiger partial charge in [0, 0.05) is 16.2 Å². The summed E-state index contributed by atoms with van der Waals surface area (Å²) in [5, 5.41) is 19.7. The van der Waals surface area contributed by atoms with Crippen molar-refractivity contribution in [2.24, 2.45) is 0 Å². The summed E-state index contributed by atoms with van der Waals surface area (Å²) in [5.74, 6) is -0.183. The second-order valence-electron chi connectivity index (χ2n) is 7.53. The molecule has 0 radical (unpaired) electrons. The Morgan fingerprint density at radius 1 is 0.935 bits per heavy atom. The van der Waals surface area contributed by atoms with Crippen molar-refractivity contribution in [3.05, 3.63) is 94.0 Å². The number of carbonyl (C=O) groups excluding carboxylic acids is 1. The van der Waals surface area contributed by atoms with Crippen molar-refractivity contribution >= 4 is 23.5 Å². The predicted molar refractivity (Wildman–Crippen MR) is 124 cm³/mol. The quantitative estimate of drug-likeness (QED) is 0.313. The van der Waals surface area contributed by atoms with E-state index in [-0.39, 0.29) is 11.5 Å². The topological polar surface area (TPSA) is 74.6 Å². The molecule has 0 atom stereocenters. The molecule has 3 rings (SSSR count). The second kappa shape index (κ2) is 10.3. The number of rotatable bonds is 9. The van der Waals surface area contributed by atoms with Crippen molar-refractivity contribution < 1.29 is 19.8 Å². The van der Waals surface area contributed by atoms with Gasteiger partial charge in [-0.3, -0.25) is 4.79 Å². The van der Waals surface area contributed by atoms with Gasteiger partial charge < -0.3 is 10.2 Å². The number of hydrogen-bond acceptors (Lipinski definition) is 4. The Kier molecular flexibility index (Phi) is 7.53. The number of carbonyl (C=O) groups is 2. The van der Waals surface area contributed by atoms with Crippen LogP contribution < -0.4 is 0 Å². The predicted octanol–water partition coefficient (Wildman–Crippen LogP) is 6.13. The van der Waals surface area contributed by atoms with E-state index < -0.39 is 5.97 Å². The molecule has 0 aliphatic rings. The summed E-state index contributed by atoms with van der Waals surface area (Å²) in [5.41, 5.74) is 4.76. The lowest BCUT2D eigenvalue weighted by Crippen LogP contribution is -1.98. The molecule has 0 aliphatic heterocycles. The number of Topliss-reactive ketones (excluding diaryl/α,β-unsaturated/α-hetero) is 1. The Balaban J connectivity index is 1.69. The molecule has 0 spiro atoms. The van der Waals surface area contributed by atoms with Crippen molar-refractivity contribution in [2.45, 2.75) is 43.8 Å². The van der Waals surface area contributed by atoms with Crippen molar-refractivity contribution in [1.29, 1.82) is 0 Å². The van der Waals surface area contributed by atoms with Gasteiger partial charge in [0.2, 0.25) is 0 Å². The first-order chi connectivity index (χ1) is 14.9. The zero-order valence-corrected chi connectivity index (χ0v) is 18.5. The van der Waals surface area contributed by atoms with Crippen molar-refractivity contribution in [1.82, 2.24) is 0 Å². The minimum atomic E-state index is -0.918. The van der Waals surface area contributed by atoms with Crippen LogP contribution >= 0.6 is 11.8 Å². The van der Waals surface area contributed by atoms with Crippen molar-refractivity contribution in [3.8, 4) is 5.75 Å². The summed E-state index contributed by atoms with van der Waals surface area (Å²) in [7, 11) is 0. The van der Waals surface area contributed by atoms with Crippen LogP contribution in [-0.4, -0.2) is 22.0 Å². The van der Waals surface area contributed by atoms with Gasteiger partial charge in [-0.1, -0.05) is 49.7 Å². The van der Waals surface area contributed by atoms with Crippen molar-refractivity contribution in [2.75, 3.05) is 0 Å². The molecule has 5 heteroatoms. The van der Waals surface area contributed by atoms with Gasteiger partial charge in [0.15, 0.2) is 5.78 Å². The Morgan fingerprint density at radius 3 is 2.29 bits per heavy atom. The van der Waals surface area contributed by atoms with Crippen LogP contribution in [0.5, 0.6) is 5.75 Å². The molecule has 0 unspecified atom stereocenters. The lowest BCUT2D eigenvalue weighted by atomic mass is 10.0. The van der Waals surface area contributed by atoms with Crippen LogP contribution in [0.4, 0.5) is 0 Å². The number of carboxylic acid groups (broad SMARTS) is 1. The smallest absolute Gasteiger partial charge is 0.335 e. The molecule has 0 aromatic heterocycles. The summed E-state index contributed by atoms with van der Waals surface area (Å²) in [6.45, 7) is 3.52. The van der Waals surface area contributed by atoms with Crippen LogP contribution in [0.25, 0.3) is 0 Å². The minimum Gasteiger partial charge on any atom is -0.507 e. The van der Waals surface area contributed by atoms with Gasteiger partial charge >= 0.3 is 5.97 Å².